The molecule has 0 aromatic heterocycles. The van der Waals surface area contributed by atoms with Crippen molar-refractivity contribution in [1.29, 1.82) is 0 Å². The molecular formula is C18H35NO2. The molecule has 0 aromatic carbocycles. The third kappa shape index (κ3) is 5.22. The van der Waals surface area contributed by atoms with E-state index < -0.39 is 0 Å². The molecule has 3 nitrogen and oxygen atoms in total. The van der Waals surface area contributed by atoms with Crippen molar-refractivity contribution in [2.45, 2.75) is 84.0 Å². The fourth-order valence-corrected chi connectivity index (χ4v) is 3.66. The predicted molar refractivity (Wildman–Crippen MR) is 87.6 cm³/mol. The number of methoxy groups -OCH3 is 1. The molecule has 1 atom stereocenters. The minimum absolute atomic E-state index is 0.0300. The highest BCUT2D eigenvalue weighted by atomic mass is 16.5. The Labute approximate surface area is 131 Å². The van der Waals surface area contributed by atoms with E-state index in [-0.39, 0.29) is 11.7 Å². The van der Waals surface area contributed by atoms with Crippen LogP contribution in [-0.4, -0.2) is 38.0 Å². The van der Waals surface area contributed by atoms with Gasteiger partial charge in [0, 0.05) is 19.7 Å². The largest absolute Gasteiger partial charge is 0.382 e. The summed E-state index contributed by atoms with van der Waals surface area (Å²) in [4.78, 5) is 0. The molecule has 0 aliphatic heterocycles. The number of hydrogen-bond donors (Lipinski definition) is 1. The quantitative estimate of drug-likeness (QED) is 0.776. The molecule has 21 heavy (non-hydrogen) atoms. The minimum atomic E-state index is 0.0300. The molecule has 0 bridgehead atoms. The summed E-state index contributed by atoms with van der Waals surface area (Å²) < 4.78 is 11.7. The summed E-state index contributed by atoms with van der Waals surface area (Å²) in [6, 6.07) is 0.753. The van der Waals surface area contributed by atoms with Crippen LogP contribution < -0.4 is 5.32 Å². The van der Waals surface area contributed by atoms with Crippen LogP contribution in [0.2, 0.25) is 0 Å². The van der Waals surface area contributed by atoms with E-state index in [2.05, 4.69) is 33.0 Å². The van der Waals surface area contributed by atoms with E-state index >= 15 is 0 Å². The van der Waals surface area contributed by atoms with Crippen LogP contribution in [0.25, 0.3) is 0 Å². The van der Waals surface area contributed by atoms with Crippen molar-refractivity contribution in [1.82, 2.24) is 5.32 Å². The lowest BCUT2D eigenvalue weighted by Gasteiger charge is -2.45. The van der Waals surface area contributed by atoms with Gasteiger partial charge in [0.25, 0.3) is 0 Å². The minimum Gasteiger partial charge on any atom is -0.382 e. The van der Waals surface area contributed by atoms with Crippen LogP contribution in [-0.2, 0) is 9.47 Å². The third-order valence-corrected chi connectivity index (χ3v) is 5.26. The van der Waals surface area contributed by atoms with Crippen molar-refractivity contribution in [3.05, 3.63) is 0 Å². The maximum Gasteiger partial charge on any atom is 0.0811 e. The predicted octanol–water partition coefficient (Wildman–Crippen LogP) is 3.77. The average Bonchev–Trinajstić information content (AvgIpc) is 3.20. The zero-order valence-electron chi connectivity index (χ0n) is 14.7. The van der Waals surface area contributed by atoms with Gasteiger partial charge < -0.3 is 14.8 Å². The van der Waals surface area contributed by atoms with Gasteiger partial charge in [-0.05, 0) is 56.8 Å². The molecule has 3 heteroatoms. The molecule has 0 aromatic rings. The Morgan fingerprint density at radius 1 is 1.14 bits per heavy atom. The van der Waals surface area contributed by atoms with Gasteiger partial charge >= 0.3 is 0 Å². The summed E-state index contributed by atoms with van der Waals surface area (Å²) in [5, 5.41) is 3.70. The van der Waals surface area contributed by atoms with Gasteiger partial charge in [0.1, 0.15) is 0 Å². The molecular weight excluding hydrogens is 262 g/mol. The lowest BCUT2D eigenvalue weighted by atomic mass is 9.68. The molecule has 0 heterocycles. The first-order chi connectivity index (χ1) is 9.85. The highest BCUT2D eigenvalue weighted by Crippen LogP contribution is 2.43. The highest BCUT2D eigenvalue weighted by Gasteiger charge is 2.41. The molecule has 1 N–H and O–H groups in total. The van der Waals surface area contributed by atoms with E-state index in [1.165, 1.54) is 38.5 Å². The maximum absolute atomic E-state index is 6.47. The zero-order valence-corrected chi connectivity index (χ0v) is 14.7. The summed E-state index contributed by atoms with van der Waals surface area (Å²) in [6.07, 6.45) is 7.81. The smallest absolute Gasteiger partial charge is 0.0811 e. The van der Waals surface area contributed by atoms with Crippen molar-refractivity contribution in [3.63, 3.8) is 0 Å². The Morgan fingerprint density at radius 2 is 1.76 bits per heavy atom. The van der Waals surface area contributed by atoms with E-state index in [0.717, 1.165) is 18.5 Å². The normalized spacial score (nSPS) is 32.1. The van der Waals surface area contributed by atoms with Crippen molar-refractivity contribution in [3.8, 4) is 0 Å². The van der Waals surface area contributed by atoms with E-state index in [1.807, 2.05) is 0 Å². The summed E-state index contributed by atoms with van der Waals surface area (Å²) >= 11 is 0. The Balaban J connectivity index is 1.92. The van der Waals surface area contributed by atoms with E-state index in [1.54, 1.807) is 7.11 Å². The molecule has 0 radical (unpaired) electrons. The lowest BCUT2D eigenvalue weighted by molar-refractivity contribution is -0.132. The first kappa shape index (κ1) is 17.2. The number of nitrogens with one attached hydrogen (secondary N) is 1. The van der Waals surface area contributed by atoms with Crippen LogP contribution >= 0.6 is 0 Å². The second-order valence-electron chi connectivity index (χ2n) is 8.36. The van der Waals surface area contributed by atoms with Crippen LogP contribution in [0.15, 0.2) is 0 Å². The maximum atomic E-state index is 6.47. The molecule has 2 fully saturated rings. The fourth-order valence-electron chi connectivity index (χ4n) is 3.66. The standard InChI is InChI=1S/C18H35NO2/c1-14(12-20-5)21-18(13-19-16-6-7-16)10-8-15(9-11-18)17(2,3)4/h14-16,19H,6-13H2,1-5H3. The topological polar surface area (TPSA) is 30.5 Å². The van der Waals surface area contributed by atoms with Gasteiger partial charge in [0.05, 0.1) is 18.3 Å². The lowest BCUT2D eigenvalue weighted by Crippen LogP contribution is -2.49. The molecule has 2 rings (SSSR count). The third-order valence-electron chi connectivity index (χ3n) is 5.26. The van der Waals surface area contributed by atoms with Gasteiger partial charge in [-0.15, -0.1) is 0 Å². The molecule has 124 valence electrons. The van der Waals surface area contributed by atoms with Crippen molar-refractivity contribution < 1.29 is 9.47 Å². The summed E-state index contributed by atoms with van der Waals surface area (Å²) in [7, 11) is 1.76. The van der Waals surface area contributed by atoms with Crippen LogP contribution in [0.3, 0.4) is 0 Å². The van der Waals surface area contributed by atoms with Crippen molar-refractivity contribution in [2.75, 3.05) is 20.3 Å². The summed E-state index contributed by atoms with van der Waals surface area (Å²) in [5.74, 6) is 0.827. The molecule has 0 saturated heterocycles. The number of hydrogen-bond acceptors (Lipinski definition) is 3. The van der Waals surface area contributed by atoms with Crippen LogP contribution in [0.1, 0.15) is 66.2 Å². The van der Waals surface area contributed by atoms with Gasteiger partial charge in [-0.1, -0.05) is 20.8 Å². The van der Waals surface area contributed by atoms with Gasteiger partial charge in [-0.2, -0.15) is 0 Å². The molecule has 1 unspecified atom stereocenters. The van der Waals surface area contributed by atoms with Crippen LogP contribution in [0.4, 0.5) is 0 Å². The fraction of sp³-hybridized carbons (Fsp3) is 1.00. The van der Waals surface area contributed by atoms with Gasteiger partial charge in [-0.25, -0.2) is 0 Å². The van der Waals surface area contributed by atoms with Crippen molar-refractivity contribution in [2.24, 2.45) is 11.3 Å². The van der Waals surface area contributed by atoms with E-state index in [0.29, 0.717) is 12.0 Å². The summed E-state index contributed by atoms with van der Waals surface area (Å²) in [6.45, 7) is 11.0. The Bertz CT molecular complexity index is 312. The highest BCUT2D eigenvalue weighted by molar-refractivity contribution is 4.95. The molecule has 0 amide bonds. The van der Waals surface area contributed by atoms with Gasteiger partial charge in [0.2, 0.25) is 0 Å². The van der Waals surface area contributed by atoms with Gasteiger partial charge in [-0.3, -0.25) is 0 Å². The second kappa shape index (κ2) is 6.97. The first-order valence-corrected chi connectivity index (χ1v) is 8.75. The Morgan fingerprint density at radius 3 is 2.24 bits per heavy atom. The average molecular weight is 297 g/mol. The number of ether oxygens (including phenoxy) is 2. The van der Waals surface area contributed by atoms with Gasteiger partial charge in [0.15, 0.2) is 0 Å². The molecule has 2 aliphatic rings. The van der Waals surface area contributed by atoms with E-state index in [9.17, 15) is 0 Å². The SMILES string of the molecule is COCC(C)OC1(CNC2CC2)CCC(C(C)(C)C)CC1. The van der Waals surface area contributed by atoms with Crippen LogP contribution in [0, 0.1) is 11.3 Å². The molecule has 2 saturated carbocycles. The summed E-state index contributed by atoms with van der Waals surface area (Å²) in [5.41, 5.74) is 0.455. The Kier molecular flexibility index (Phi) is 5.72. The Hall–Kier alpha value is -0.120. The monoisotopic (exact) mass is 297 g/mol. The van der Waals surface area contributed by atoms with E-state index in [4.69, 9.17) is 9.47 Å². The number of rotatable bonds is 7. The zero-order chi connectivity index (χ0) is 15.5. The van der Waals surface area contributed by atoms with Crippen molar-refractivity contribution >= 4 is 0 Å². The molecule has 0 spiro atoms. The first-order valence-electron chi connectivity index (χ1n) is 8.75. The molecule has 2 aliphatic carbocycles. The van der Waals surface area contributed by atoms with Crippen LogP contribution in [0.5, 0.6) is 0 Å². The second-order valence-corrected chi connectivity index (χ2v) is 8.36.